The van der Waals surface area contributed by atoms with Gasteiger partial charge in [-0.3, -0.25) is 4.79 Å². The van der Waals surface area contributed by atoms with Crippen molar-refractivity contribution in [3.05, 3.63) is 71.7 Å². The van der Waals surface area contributed by atoms with E-state index in [9.17, 15) is 10.1 Å². The Morgan fingerprint density at radius 2 is 1.94 bits per heavy atom. The van der Waals surface area contributed by atoms with Crippen molar-refractivity contribution in [1.29, 1.82) is 5.26 Å². The van der Waals surface area contributed by atoms with Gasteiger partial charge in [-0.1, -0.05) is 45.0 Å². The van der Waals surface area contributed by atoms with Crippen LogP contribution in [0, 0.1) is 11.3 Å². The predicted octanol–water partition coefficient (Wildman–Crippen LogP) is 3.28. The van der Waals surface area contributed by atoms with E-state index >= 15 is 0 Å². The largest absolute Gasteiger partial charge is 0.492 e. The summed E-state index contributed by atoms with van der Waals surface area (Å²) in [6.45, 7) is 7.16. The van der Waals surface area contributed by atoms with E-state index in [2.05, 4.69) is 52.0 Å². The van der Waals surface area contributed by atoms with Gasteiger partial charge in [0.15, 0.2) is 0 Å². The van der Waals surface area contributed by atoms with Crippen molar-refractivity contribution in [3.8, 4) is 11.8 Å². The van der Waals surface area contributed by atoms with E-state index in [0.717, 1.165) is 5.75 Å². The summed E-state index contributed by atoms with van der Waals surface area (Å²) in [5, 5.41) is 28.4. The number of nitrogens with one attached hydrogen (secondary N) is 3. The van der Waals surface area contributed by atoms with Crippen LogP contribution in [-0.2, 0) is 5.41 Å². The topological polar surface area (TPSA) is 129 Å². The molecule has 0 saturated carbocycles. The van der Waals surface area contributed by atoms with Gasteiger partial charge in [-0.25, -0.2) is 0 Å². The first-order chi connectivity index (χ1) is 15.4. The molecule has 3 N–H and O–H groups in total. The first-order valence-electron chi connectivity index (χ1n) is 10.1. The Bertz CT molecular complexity index is 1110. The Labute approximate surface area is 186 Å². The molecule has 164 valence electrons. The summed E-state index contributed by atoms with van der Waals surface area (Å²) in [4.78, 5) is 12.6. The number of hydrogen-bond acceptors (Lipinski definition) is 7. The van der Waals surface area contributed by atoms with Crippen LogP contribution in [0.5, 0.6) is 5.75 Å². The first kappa shape index (κ1) is 22.5. The van der Waals surface area contributed by atoms with Crippen LogP contribution >= 0.6 is 0 Å². The lowest BCUT2D eigenvalue weighted by Gasteiger charge is -2.19. The molecule has 0 aliphatic heterocycles. The molecule has 0 aliphatic carbocycles. The second-order valence-electron chi connectivity index (χ2n) is 7.97. The number of aromatic nitrogens is 4. The van der Waals surface area contributed by atoms with E-state index in [-0.39, 0.29) is 22.7 Å². The molecule has 9 heteroatoms. The zero-order chi connectivity index (χ0) is 23.0. The molecule has 0 saturated heterocycles. The maximum atomic E-state index is 12.6. The molecule has 2 aromatic carbocycles. The van der Waals surface area contributed by atoms with Gasteiger partial charge < -0.3 is 15.4 Å². The SMILES string of the molecule is CC(C)(C)c1ccc(OCCNC(=O)c2ccccc2NC=C(C#N)c2nn[nH]n2)cc1. The summed E-state index contributed by atoms with van der Waals surface area (Å²) in [5.74, 6) is 0.658. The third kappa shape index (κ3) is 5.92. The summed E-state index contributed by atoms with van der Waals surface area (Å²) in [6.07, 6.45) is 1.43. The van der Waals surface area contributed by atoms with Gasteiger partial charge in [0.2, 0.25) is 5.82 Å². The Morgan fingerprint density at radius 3 is 2.59 bits per heavy atom. The molecule has 0 bridgehead atoms. The number of hydrogen-bond donors (Lipinski definition) is 3. The van der Waals surface area contributed by atoms with Gasteiger partial charge in [0.1, 0.15) is 24.0 Å². The number of carbonyl (C=O) groups excluding carboxylic acids is 1. The average Bonchev–Trinajstić information content (AvgIpc) is 3.32. The summed E-state index contributed by atoms with van der Waals surface area (Å²) in [6, 6.07) is 16.9. The number of carbonyl (C=O) groups is 1. The number of nitriles is 1. The van der Waals surface area contributed by atoms with Crippen molar-refractivity contribution in [2.45, 2.75) is 26.2 Å². The van der Waals surface area contributed by atoms with Gasteiger partial charge in [0.05, 0.1) is 17.8 Å². The van der Waals surface area contributed by atoms with Crippen LogP contribution in [-0.4, -0.2) is 39.7 Å². The Morgan fingerprint density at radius 1 is 1.19 bits per heavy atom. The lowest BCUT2D eigenvalue weighted by atomic mass is 9.87. The number of allylic oxidation sites excluding steroid dienone is 1. The van der Waals surface area contributed by atoms with Crippen LogP contribution < -0.4 is 15.4 Å². The fraction of sp³-hybridized carbons (Fsp3) is 0.261. The van der Waals surface area contributed by atoms with Gasteiger partial charge in [-0.05, 0) is 40.5 Å². The lowest BCUT2D eigenvalue weighted by molar-refractivity contribution is 0.0948. The van der Waals surface area contributed by atoms with Gasteiger partial charge in [0.25, 0.3) is 5.91 Å². The molecule has 3 rings (SSSR count). The summed E-state index contributed by atoms with van der Waals surface area (Å²) in [5.41, 5.74) is 2.47. The van der Waals surface area contributed by atoms with E-state index < -0.39 is 0 Å². The third-order valence-electron chi connectivity index (χ3n) is 4.63. The minimum atomic E-state index is -0.258. The molecule has 0 aliphatic rings. The van der Waals surface area contributed by atoms with Gasteiger partial charge in [0, 0.05) is 6.20 Å². The summed E-state index contributed by atoms with van der Waals surface area (Å²) < 4.78 is 5.73. The molecule has 1 amide bonds. The molecule has 9 nitrogen and oxygen atoms in total. The number of tetrazole rings is 1. The molecule has 1 heterocycles. The summed E-state index contributed by atoms with van der Waals surface area (Å²) >= 11 is 0. The maximum Gasteiger partial charge on any atom is 0.253 e. The van der Waals surface area contributed by atoms with Crippen LogP contribution in [0.3, 0.4) is 0 Å². The number of amides is 1. The molecule has 32 heavy (non-hydrogen) atoms. The van der Waals surface area contributed by atoms with E-state index in [0.29, 0.717) is 24.4 Å². The van der Waals surface area contributed by atoms with Crippen LogP contribution in [0.25, 0.3) is 5.57 Å². The van der Waals surface area contributed by atoms with E-state index in [1.54, 1.807) is 24.3 Å². The molecular formula is C23H25N7O2. The number of nitrogens with zero attached hydrogens (tertiary/aromatic N) is 4. The Balaban J connectivity index is 1.55. The molecule has 0 fully saturated rings. The second-order valence-corrected chi connectivity index (χ2v) is 7.97. The molecule has 1 aromatic heterocycles. The number of rotatable bonds is 8. The zero-order valence-electron chi connectivity index (χ0n) is 18.2. The third-order valence-corrected chi connectivity index (χ3v) is 4.63. The number of ether oxygens (including phenoxy) is 1. The van der Waals surface area contributed by atoms with E-state index in [4.69, 9.17) is 4.74 Å². The minimum absolute atomic E-state index is 0.0860. The second kappa shape index (κ2) is 10.2. The van der Waals surface area contributed by atoms with Crippen LogP contribution in [0.15, 0.2) is 54.7 Å². The van der Waals surface area contributed by atoms with Crippen molar-refractivity contribution >= 4 is 17.2 Å². The van der Waals surface area contributed by atoms with Crippen molar-refractivity contribution in [2.24, 2.45) is 0 Å². The first-order valence-corrected chi connectivity index (χ1v) is 10.1. The highest BCUT2D eigenvalue weighted by atomic mass is 16.5. The molecule has 0 spiro atoms. The van der Waals surface area contributed by atoms with Crippen molar-refractivity contribution in [3.63, 3.8) is 0 Å². The monoisotopic (exact) mass is 431 g/mol. The van der Waals surface area contributed by atoms with Crippen molar-refractivity contribution < 1.29 is 9.53 Å². The quantitative estimate of drug-likeness (QED) is 0.369. The molecule has 3 aromatic rings. The highest BCUT2D eigenvalue weighted by Gasteiger charge is 2.13. The van der Waals surface area contributed by atoms with Crippen LogP contribution in [0.2, 0.25) is 0 Å². The van der Waals surface area contributed by atoms with Crippen LogP contribution in [0.4, 0.5) is 5.69 Å². The Kier molecular flexibility index (Phi) is 7.18. The fourth-order valence-electron chi connectivity index (χ4n) is 2.86. The zero-order valence-corrected chi connectivity index (χ0v) is 18.2. The molecule has 0 atom stereocenters. The van der Waals surface area contributed by atoms with Gasteiger partial charge >= 0.3 is 0 Å². The number of benzene rings is 2. The number of H-pyrrole nitrogens is 1. The smallest absolute Gasteiger partial charge is 0.253 e. The number of aromatic amines is 1. The normalized spacial score (nSPS) is 11.5. The lowest BCUT2D eigenvalue weighted by Crippen LogP contribution is -2.28. The fourth-order valence-corrected chi connectivity index (χ4v) is 2.86. The number of para-hydroxylation sites is 1. The molecule has 0 unspecified atom stereocenters. The van der Waals surface area contributed by atoms with E-state index in [1.165, 1.54) is 11.8 Å². The summed E-state index contributed by atoms with van der Waals surface area (Å²) in [7, 11) is 0. The van der Waals surface area contributed by atoms with Gasteiger partial charge in [-0.15, -0.1) is 10.2 Å². The molecular weight excluding hydrogens is 406 g/mol. The highest BCUT2D eigenvalue weighted by Crippen LogP contribution is 2.24. The van der Waals surface area contributed by atoms with Crippen molar-refractivity contribution in [1.82, 2.24) is 25.9 Å². The molecule has 0 radical (unpaired) electrons. The average molecular weight is 432 g/mol. The Hall–Kier alpha value is -4.19. The number of anilines is 1. The maximum absolute atomic E-state index is 12.6. The minimum Gasteiger partial charge on any atom is -0.492 e. The van der Waals surface area contributed by atoms with E-state index in [1.807, 2.05) is 30.3 Å². The highest BCUT2D eigenvalue weighted by molar-refractivity contribution is 6.00. The standard InChI is InChI=1S/C23H25N7O2/c1-23(2,3)17-8-10-18(11-9-17)32-13-12-25-22(31)19-6-4-5-7-20(19)26-15-16(14-24)21-27-29-30-28-21/h4-11,15,26H,12-13H2,1-3H3,(H,25,31)(H,27,28,29,30). The predicted molar refractivity (Wildman–Crippen MR) is 121 cm³/mol. The van der Waals surface area contributed by atoms with Gasteiger partial charge in [-0.2, -0.15) is 10.5 Å². The van der Waals surface area contributed by atoms with Crippen molar-refractivity contribution in [2.75, 3.05) is 18.5 Å². The van der Waals surface area contributed by atoms with Crippen LogP contribution in [0.1, 0.15) is 42.5 Å².